The van der Waals surface area contributed by atoms with Gasteiger partial charge in [-0.1, -0.05) is 6.92 Å². The zero-order valence-corrected chi connectivity index (χ0v) is 9.98. The van der Waals surface area contributed by atoms with Crippen LogP contribution in [0.2, 0.25) is 0 Å². The third kappa shape index (κ3) is 2.54. The molecule has 0 aromatic rings. The van der Waals surface area contributed by atoms with E-state index in [0.29, 0.717) is 18.6 Å². The van der Waals surface area contributed by atoms with E-state index in [-0.39, 0.29) is 0 Å². The highest BCUT2D eigenvalue weighted by Gasteiger charge is 2.44. The van der Waals surface area contributed by atoms with E-state index in [1.165, 1.54) is 0 Å². The molecule has 90 valence electrons. The molecule has 0 bridgehead atoms. The number of rotatable bonds is 4. The molecule has 1 saturated carbocycles. The van der Waals surface area contributed by atoms with E-state index in [9.17, 15) is 5.26 Å². The standard InChI is InChI=1S/C12H21N3O/c1-2-11-7-15(5-6-16-11)9-12(14,8-13)10-3-4-10/h10-11H,2-7,9,14H2,1H3. The maximum Gasteiger partial charge on any atom is 0.119 e. The first-order chi connectivity index (χ1) is 7.68. The number of nitrogens with two attached hydrogens (primary N) is 1. The highest BCUT2D eigenvalue weighted by atomic mass is 16.5. The Labute approximate surface area is 97.3 Å². The third-order valence-electron chi connectivity index (χ3n) is 3.68. The monoisotopic (exact) mass is 223 g/mol. The zero-order valence-electron chi connectivity index (χ0n) is 9.98. The highest BCUT2D eigenvalue weighted by Crippen LogP contribution is 2.38. The van der Waals surface area contributed by atoms with Crippen molar-refractivity contribution in [1.29, 1.82) is 5.26 Å². The van der Waals surface area contributed by atoms with Crippen LogP contribution in [-0.4, -0.2) is 42.8 Å². The summed E-state index contributed by atoms with van der Waals surface area (Å²) in [5.41, 5.74) is 5.55. The molecule has 0 aromatic heterocycles. The molecule has 2 N–H and O–H groups in total. The van der Waals surface area contributed by atoms with Crippen molar-refractivity contribution >= 4 is 0 Å². The van der Waals surface area contributed by atoms with E-state index in [1.807, 2.05) is 0 Å². The van der Waals surface area contributed by atoms with Crippen molar-refractivity contribution in [3.05, 3.63) is 0 Å². The first kappa shape index (κ1) is 11.8. The fraction of sp³-hybridized carbons (Fsp3) is 0.917. The summed E-state index contributed by atoms with van der Waals surface area (Å²) in [6, 6.07) is 2.32. The molecule has 2 atom stereocenters. The van der Waals surface area contributed by atoms with E-state index >= 15 is 0 Å². The van der Waals surface area contributed by atoms with Gasteiger partial charge < -0.3 is 10.5 Å². The van der Waals surface area contributed by atoms with Gasteiger partial charge in [-0.15, -0.1) is 0 Å². The fourth-order valence-electron chi connectivity index (χ4n) is 2.40. The molecule has 1 aliphatic heterocycles. The molecule has 4 heteroatoms. The van der Waals surface area contributed by atoms with E-state index in [0.717, 1.165) is 39.0 Å². The Kier molecular flexibility index (Phi) is 3.48. The molecule has 2 rings (SSSR count). The maximum atomic E-state index is 9.22. The smallest absolute Gasteiger partial charge is 0.119 e. The first-order valence-corrected chi connectivity index (χ1v) is 6.22. The SMILES string of the molecule is CCC1CN(CC(N)(C#N)C2CC2)CCO1. The Hall–Kier alpha value is -0.630. The van der Waals surface area contributed by atoms with Gasteiger partial charge in [-0.05, 0) is 25.2 Å². The third-order valence-corrected chi connectivity index (χ3v) is 3.68. The Morgan fingerprint density at radius 1 is 1.56 bits per heavy atom. The number of morpholine rings is 1. The number of hydrogen-bond acceptors (Lipinski definition) is 4. The van der Waals surface area contributed by atoms with Crippen molar-refractivity contribution in [2.24, 2.45) is 11.7 Å². The molecule has 4 nitrogen and oxygen atoms in total. The number of ether oxygens (including phenoxy) is 1. The normalized spacial score (nSPS) is 30.7. The van der Waals surface area contributed by atoms with Crippen LogP contribution in [0.25, 0.3) is 0 Å². The molecule has 0 aromatic carbocycles. The van der Waals surface area contributed by atoms with Crippen LogP contribution in [0.3, 0.4) is 0 Å². The van der Waals surface area contributed by atoms with Crippen molar-refractivity contribution in [1.82, 2.24) is 4.90 Å². The van der Waals surface area contributed by atoms with Gasteiger partial charge in [0.1, 0.15) is 5.54 Å². The summed E-state index contributed by atoms with van der Waals surface area (Å²) in [6.07, 6.45) is 3.58. The summed E-state index contributed by atoms with van der Waals surface area (Å²) in [4.78, 5) is 2.29. The molecule has 1 saturated heterocycles. The summed E-state index contributed by atoms with van der Waals surface area (Å²) in [5, 5.41) is 9.22. The van der Waals surface area contributed by atoms with Crippen LogP contribution < -0.4 is 5.73 Å². The Morgan fingerprint density at radius 2 is 2.31 bits per heavy atom. The van der Waals surface area contributed by atoms with Crippen LogP contribution in [0.15, 0.2) is 0 Å². The minimum absolute atomic E-state index is 0.316. The topological polar surface area (TPSA) is 62.3 Å². The van der Waals surface area contributed by atoms with Crippen LogP contribution in [0.4, 0.5) is 0 Å². The van der Waals surface area contributed by atoms with Crippen molar-refractivity contribution in [2.75, 3.05) is 26.2 Å². The summed E-state index contributed by atoms with van der Waals surface area (Å²) < 4.78 is 5.62. The average Bonchev–Trinajstić information content (AvgIpc) is 3.13. The average molecular weight is 223 g/mol. The molecule has 2 fully saturated rings. The second kappa shape index (κ2) is 4.70. The summed E-state index contributed by atoms with van der Waals surface area (Å²) in [5.74, 6) is 0.417. The predicted molar refractivity (Wildman–Crippen MR) is 61.7 cm³/mol. The molecule has 2 aliphatic rings. The van der Waals surface area contributed by atoms with Crippen LogP contribution >= 0.6 is 0 Å². The van der Waals surface area contributed by atoms with Crippen LogP contribution in [0.1, 0.15) is 26.2 Å². The van der Waals surface area contributed by atoms with Gasteiger partial charge in [0.05, 0.1) is 18.8 Å². The minimum atomic E-state index is -0.629. The first-order valence-electron chi connectivity index (χ1n) is 6.22. The van der Waals surface area contributed by atoms with Crippen molar-refractivity contribution in [3.8, 4) is 6.07 Å². The van der Waals surface area contributed by atoms with E-state index in [1.54, 1.807) is 0 Å². The van der Waals surface area contributed by atoms with Crippen LogP contribution in [0, 0.1) is 17.2 Å². The molecule has 0 amide bonds. The van der Waals surface area contributed by atoms with E-state index < -0.39 is 5.54 Å². The van der Waals surface area contributed by atoms with Crippen molar-refractivity contribution in [3.63, 3.8) is 0 Å². The summed E-state index contributed by atoms with van der Waals surface area (Å²) in [7, 11) is 0. The second-order valence-corrected chi connectivity index (χ2v) is 5.06. The fourth-order valence-corrected chi connectivity index (χ4v) is 2.40. The molecular weight excluding hydrogens is 202 g/mol. The van der Waals surface area contributed by atoms with E-state index in [2.05, 4.69) is 17.9 Å². The predicted octanol–water partition coefficient (Wildman–Crippen LogP) is 0.728. The minimum Gasteiger partial charge on any atom is -0.376 e. The zero-order chi connectivity index (χ0) is 11.6. The Bertz CT molecular complexity index is 284. The Morgan fingerprint density at radius 3 is 2.88 bits per heavy atom. The summed E-state index contributed by atoms with van der Waals surface area (Å²) in [6.45, 7) is 5.43. The van der Waals surface area contributed by atoms with Crippen LogP contribution in [-0.2, 0) is 4.74 Å². The lowest BCUT2D eigenvalue weighted by Gasteiger charge is -2.36. The number of nitrogens with zero attached hydrogens (tertiary/aromatic N) is 2. The molecule has 1 heterocycles. The molecule has 1 aliphatic carbocycles. The van der Waals surface area contributed by atoms with Crippen LogP contribution in [0.5, 0.6) is 0 Å². The molecular formula is C12H21N3O. The lowest BCUT2D eigenvalue weighted by molar-refractivity contribution is -0.0343. The van der Waals surface area contributed by atoms with Crippen molar-refractivity contribution < 1.29 is 4.74 Å². The lowest BCUT2D eigenvalue weighted by atomic mass is 9.95. The van der Waals surface area contributed by atoms with E-state index in [4.69, 9.17) is 10.5 Å². The van der Waals surface area contributed by atoms with Gasteiger partial charge in [0.2, 0.25) is 0 Å². The lowest BCUT2D eigenvalue weighted by Crippen LogP contribution is -2.54. The summed E-state index contributed by atoms with van der Waals surface area (Å²) >= 11 is 0. The molecule has 0 spiro atoms. The van der Waals surface area contributed by atoms with Crippen molar-refractivity contribution in [2.45, 2.75) is 37.8 Å². The number of hydrogen-bond donors (Lipinski definition) is 1. The molecule has 2 unspecified atom stereocenters. The van der Waals surface area contributed by atoms with Gasteiger partial charge >= 0.3 is 0 Å². The molecule has 0 radical (unpaired) electrons. The maximum absolute atomic E-state index is 9.22. The van der Waals surface area contributed by atoms with Gasteiger partial charge in [-0.3, -0.25) is 4.90 Å². The van der Waals surface area contributed by atoms with Gasteiger partial charge in [0.25, 0.3) is 0 Å². The van der Waals surface area contributed by atoms with Gasteiger partial charge in [0, 0.05) is 19.6 Å². The highest BCUT2D eigenvalue weighted by molar-refractivity contribution is 5.14. The largest absolute Gasteiger partial charge is 0.376 e. The Balaban J connectivity index is 1.90. The second-order valence-electron chi connectivity index (χ2n) is 5.06. The quantitative estimate of drug-likeness (QED) is 0.763. The molecule has 16 heavy (non-hydrogen) atoms. The van der Waals surface area contributed by atoms with Gasteiger partial charge in [-0.25, -0.2) is 0 Å². The number of nitriles is 1. The van der Waals surface area contributed by atoms with Gasteiger partial charge in [0.15, 0.2) is 0 Å². The van der Waals surface area contributed by atoms with Gasteiger partial charge in [-0.2, -0.15) is 5.26 Å².